The Morgan fingerprint density at radius 3 is 2.67 bits per heavy atom. The van der Waals surface area contributed by atoms with Gasteiger partial charge < -0.3 is 10.1 Å². The van der Waals surface area contributed by atoms with Crippen LogP contribution in [-0.2, 0) is 9.53 Å². The van der Waals surface area contributed by atoms with Crippen molar-refractivity contribution in [2.75, 3.05) is 0 Å². The number of esters is 1. The van der Waals surface area contributed by atoms with E-state index in [4.69, 9.17) is 4.74 Å². The van der Waals surface area contributed by atoms with Gasteiger partial charge in [-0.1, -0.05) is 13.8 Å². The first-order valence-electron chi connectivity index (χ1n) is 8.81. The normalized spacial score (nSPS) is 20.4. The first kappa shape index (κ1) is 18.8. The van der Waals surface area contributed by atoms with Crippen LogP contribution in [0.5, 0.6) is 0 Å². The molecule has 0 spiro atoms. The van der Waals surface area contributed by atoms with Crippen molar-refractivity contribution in [3.63, 3.8) is 0 Å². The molecule has 0 saturated carbocycles. The molecule has 0 fully saturated rings. The number of rotatable bonds is 5. The fraction of sp³-hybridized carbons (Fsp3) is 0.421. The number of nitrogens with one attached hydrogen (secondary N) is 1. The number of ether oxygens (including phenoxy) is 1. The average Bonchev–Trinajstić information content (AvgIpc) is 3.24. The zero-order valence-corrected chi connectivity index (χ0v) is 16.1. The number of hydrogen-bond acceptors (Lipinski definition) is 6. The Kier molecular flexibility index (Phi) is 4.82. The third-order valence-electron chi connectivity index (χ3n) is 4.83. The summed E-state index contributed by atoms with van der Waals surface area (Å²) >= 11 is 0. The molecule has 2 aromatic rings. The van der Waals surface area contributed by atoms with Crippen molar-refractivity contribution in [3.8, 4) is 0 Å². The van der Waals surface area contributed by atoms with Gasteiger partial charge in [0.2, 0.25) is 0 Å². The van der Waals surface area contributed by atoms with Gasteiger partial charge in [0.25, 0.3) is 5.91 Å². The molecule has 2 unspecified atom stereocenters. The molecule has 0 radical (unpaired) electrons. The minimum Gasteiger partial charge on any atom is -0.436 e. The summed E-state index contributed by atoms with van der Waals surface area (Å²) in [5.74, 6) is -0.528. The third-order valence-corrected chi connectivity index (χ3v) is 4.83. The second kappa shape index (κ2) is 6.94. The SMILES string of the molecule is Cc1cnc(C2=NC(=O)C(C)(C(C)C)N2)c(C(=O)OC(C)n2cccn2)c1. The van der Waals surface area contributed by atoms with E-state index >= 15 is 0 Å². The predicted octanol–water partition coefficient (Wildman–Crippen LogP) is 2.25. The van der Waals surface area contributed by atoms with Crippen molar-refractivity contribution in [1.82, 2.24) is 20.1 Å². The number of aliphatic imine (C=N–C) groups is 1. The number of hydrogen-bond donors (Lipinski definition) is 1. The maximum absolute atomic E-state index is 12.8. The molecular weight excluding hydrogens is 346 g/mol. The van der Waals surface area contributed by atoms with Gasteiger partial charge in [-0.2, -0.15) is 10.1 Å². The topological polar surface area (TPSA) is 98.5 Å². The van der Waals surface area contributed by atoms with Crippen LogP contribution in [0.25, 0.3) is 0 Å². The van der Waals surface area contributed by atoms with E-state index in [1.807, 2.05) is 20.8 Å². The Bertz CT molecular complexity index is 904. The quantitative estimate of drug-likeness (QED) is 0.812. The van der Waals surface area contributed by atoms with Crippen molar-refractivity contribution in [2.45, 2.75) is 46.4 Å². The number of amidine groups is 1. The fourth-order valence-corrected chi connectivity index (χ4v) is 2.73. The lowest BCUT2D eigenvalue weighted by atomic mass is 9.88. The van der Waals surface area contributed by atoms with E-state index in [0.29, 0.717) is 5.69 Å². The molecule has 142 valence electrons. The highest BCUT2D eigenvalue weighted by Gasteiger charge is 2.43. The Labute approximate surface area is 157 Å². The number of aromatic nitrogens is 3. The average molecular weight is 369 g/mol. The van der Waals surface area contributed by atoms with Crippen molar-refractivity contribution in [2.24, 2.45) is 10.9 Å². The van der Waals surface area contributed by atoms with E-state index in [0.717, 1.165) is 5.56 Å². The van der Waals surface area contributed by atoms with E-state index < -0.39 is 17.7 Å². The van der Waals surface area contributed by atoms with Gasteiger partial charge in [-0.05, 0) is 44.4 Å². The molecule has 1 aliphatic rings. The molecule has 3 rings (SSSR count). The molecule has 2 aromatic heterocycles. The highest BCUT2D eigenvalue weighted by atomic mass is 16.6. The number of nitrogens with zero attached hydrogens (tertiary/aromatic N) is 4. The Morgan fingerprint density at radius 2 is 2.07 bits per heavy atom. The zero-order valence-electron chi connectivity index (χ0n) is 16.1. The Morgan fingerprint density at radius 1 is 1.33 bits per heavy atom. The van der Waals surface area contributed by atoms with Gasteiger partial charge in [-0.15, -0.1) is 0 Å². The van der Waals surface area contributed by atoms with Gasteiger partial charge in [0, 0.05) is 18.6 Å². The lowest BCUT2D eigenvalue weighted by Gasteiger charge is -2.27. The molecule has 0 saturated heterocycles. The molecule has 0 aliphatic carbocycles. The van der Waals surface area contributed by atoms with Gasteiger partial charge in [0.1, 0.15) is 11.2 Å². The molecule has 1 amide bonds. The van der Waals surface area contributed by atoms with Gasteiger partial charge >= 0.3 is 5.97 Å². The smallest absolute Gasteiger partial charge is 0.342 e. The summed E-state index contributed by atoms with van der Waals surface area (Å²) in [5, 5.41) is 7.21. The second-order valence-electron chi connectivity index (χ2n) is 7.15. The molecule has 1 N–H and O–H groups in total. The summed E-state index contributed by atoms with van der Waals surface area (Å²) in [5.41, 5.74) is 0.525. The largest absolute Gasteiger partial charge is 0.436 e. The molecule has 3 heterocycles. The van der Waals surface area contributed by atoms with E-state index in [-0.39, 0.29) is 23.2 Å². The van der Waals surface area contributed by atoms with Crippen LogP contribution in [0.2, 0.25) is 0 Å². The van der Waals surface area contributed by atoms with Crippen molar-refractivity contribution < 1.29 is 14.3 Å². The number of pyridine rings is 1. The van der Waals surface area contributed by atoms with Crippen molar-refractivity contribution in [1.29, 1.82) is 0 Å². The molecule has 0 aromatic carbocycles. The van der Waals surface area contributed by atoms with Crippen LogP contribution in [0.1, 0.15) is 55.5 Å². The van der Waals surface area contributed by atoms with Crippen LogP contribution in [0.15, 0.2) is 35.7 Å². The van der Waals surface area contributed by atoms with Crippen molar-refractivity contribution in [3.05, 3.63) is 47.5 Å². The lowest BCUT2D eigenvalue weighted by Crippen LogP contribution is -2.50. The van der Waals surface area contributed by atoms with Crippen LogP contribution in [0.4, 0.5) is 0 Å². The Hall–Kier alpha value is -3.03. The second-order valence-corrected chi connectivity index (χ2v) is 7.15. The van der Waals surface area contributed by atoms with Gasteiger partial charge in [0.15, 0.2) is 12.1 Å². The zero-order chi connectivity index (χ0) is 19.8. The molecule has 1 aliphatic heterocycles. The maximum Gasteiger partial charge on any atom is 0.342 e. The monoisotopic (exact) mass is 369 g/mol. The highest BCUT2D eigenvalue weighted by molar-refractivity contribution is 6.16. The summed E-state index contributed by atoms with van der Waals surface area (Å²) in [4.78, 5) is 33.6. The van der Waals surface area contributed by atoms with E-state index in [1.165, 1.54) is 4.68 Å². The number of carbonyl (C=O) groups is 2. The summed E-state index contributed by atoms with van der Waals surface area (Å²) in [6.07, 6.45) is 4.37. The molecule has 8 nitrogen and oxygen atoms in total. The number of carbonyl (C=O) groups excluding carboxylic acids is 2. The molecule has 27 heavy (non-hydrogen) atoms. The minimum atomic E-state index is -0.828. The third kappa shape index (κ3) is 3.47. The van der Waals surface area contributed by atoms with Gasteiger partial charge in [0.05, 0.1) is 5.56 Å². The van der Waals surface area contributed by atoms with Crippen LogP contribution in [0.3, 0.4) is 0 Å². The van der Waals surface area contributed by atoms with Gasteiger partial charge in [-0.25, -0.2) is 9.48 Å². The molecule has 0 bridgehead atoms. The molecule has 8 heteroatoms. The van der Waals surface area contributed by atoms with E-state index in [2.05, 4.69) is 20.4 Å². The number of amides is 1. The van der Waals surface area contributed by atoms with Crippen molar-refractivity contribution >= 4 is 17.7 Å². The Balaban J connectivity index is 1.91. The maximum atomic E-state index is 12.8. The minimum absolute atomic E-state index is 0.0203. The van der Waals surface area contributed by atoms with E-state index in [1.54, 1.807) is 44.6 Å². The van der Waals surface area contributed by atoms with Crippen LogP contribution in [-0.4, -0.2) is 38.0 Å². The summed E-state index contributed by atoms with van der Waals surface area (Å²) in [6, 6.07) is 3.43. The van der Waals surface area contributed by atoms with Gasteiger partial charge in [-0.3, -0.25) is 9.78 Å². The first-order chi connectivity index (χ1) is 12.7. The highest BCUT2D eigenvalue weighted by Crippen LogP contribution is 2.25. The molecular formula is C19H23N5O3. The van der Waals surface area contributed by atoms with Crippen LogP contribution < -0.4 is 5.32 Å². The predicted molar refractivity (Wildman–Crippen MR) is 99.3 cm³/mol. The first-order valence-corrected chi connectivity index (χ1v) is 8.81. The number of aryl methyl sites for hydroxylation is 1. The summed E-state index contributed by atoms with van der Waals surface area (Å²) in [6.45, 7) is 9.22. The molecule has 2 atom stereocenters. The fourth-order valence-electron chi connectivity index (χ4n) is 2.73. The van der Waals surface area contributed by atoms with Crippen LogP contribution in [0, 0.1) is 12.8 Å². The van der Waals surface area contributed by atoms with Crippen LogP contribution >= 0.6 is 0 Å². The standard InChI is InChI=1S/C19H23N5O3/c1-11(2)19(5)18(26)22-16(23-19)15-14(9-12(3)10-20-15)17(25)27-13(4)24-8-6-7-21-24/h6-11,13H,1-5H3,(H,22,23,26). The lowest BCUT2D eigenvalue weighted by molar-refractivity contribution is -0.123. The summed E-state index contributed by atoms with van der Waals surface area (Å²) in [7, 11) is 0. The van der Waals surface area contributed by atoms with E-state index in [9.17, 15) is 9.59 Å². The summed E-state index contributed by atoms with van der Waals surface area (Å²) < 4.78 is 7.05.